The Bertz CT molecular complexity index is 2400. The van der Waals surface area contributed by atoms with Crippen LogP contribution in [0.4, 0.5) is 0 Å². The highest BCUT2D eigenvalue weighted by atomic mass is 16.5. The molecule has 7 N–H and O–H groups in total. The van der Waals surface area contributed by atoms with Gasteiger partial charge in [-0.1, -0.05) is 42.5 Å². The molecule has 0 bridgehead atoms. The number of Topliss-reactive ketones (excluding diaryl/α,β-unsaturated/α-hetero) is 1. The van der Waals surface area contributed by atoms with Gasteiger partial charge in [0.15, 0.2) is 5.78 Å². The molecule has 0 saturated carbocycles. The van der Waals surface area contributed by atoms with Crippen molar-refractivity contribution < 1.29 is 67.5 Å². The third-order valence-corrected chi connectivity index (χ3v) is 12.9. The van der Waals surface area contributed by atoms with Crippen LogP contribution < -0.4 is 32.2 Å². The molecule has 0 aromatic heterocycles. The molecule has 3 aromatic rings. The van der Waals surface area contributed by atoms with E-state index < -0.39 is 73.2 Å². The molecule has 0 spiro atoms. The van der Waals surface area contributed by atoms with Crippen LogP contribution in [0, 0.1) is 0 Å². The van der Waals surface area contributed by atoms with Crippen molar-refractivity contribution >= 4 is 66.5 Å². The number of fused-ring (bicyclic) bond motifs is 2. The van der Waals surface area contributed by atoms with Crippen LogP contribution in [0.3, 0.4) is 0 Å². The number of carbonyl (C=O) groups excluding carboxylic acids is 6. The average molecular weight is 982 g/mol. The fourth-order valence-electron chi connectivity index (χ4n) is 9.14. The molecular weight excluding hydrogens is 916 g/mol. The number of nitrogens with zero attached hydrogens (tertiary/aromatic N) is 1. The SMILES string of the molecule is CC1(C)OB(O)c2cc(C(=O)N[C@@H]3C[C@@H](C(=O)NCCOCCOCC(=O)N[C@@H](CCCCNC(=O)CCc4ccccc4)C(=O)CCCC(=O)O)N(C(=O)c4ccc5c(c4)B(O)OC5(C)C)C3)ccc21. The van der Waals surface area contributed by atoms with E-state index in [0.29, 0.717) is 49.6 Å². The van der Waals surface area contributed by atoms with E-state index in [-0.39, 0.29) is 88.0 Å². The van der Waals surface area contributed by atoms with Crippen LogP contribution in [0.2, 0.25) is 0 Å². The van der Waals surface area contributed by atoms with Crippen LogP contribution >= 0.6 is 0 Å². The fraction of sp³-hybridized carbons (Fsp3) is 0.500. The summed E-state index contributed by atoms with van der Waals surface area (Å²) in [4.78, 5) is 91.9. The van der Waals surface area contributed by atoms with Gasteiger partial charge in [-0.3, -0.25) is 33.6 Å². The number of unbranched alkanes of at least 4 members (excludes halogenated alkanes) is 1. The Kier molecular flexibility index (Phi) is 19.1. The first-order chi connectivity index (χ1) is 33.8. The van der Waals surface area contributed by atoms with Crippen molar-refractivity contribution in [3.8, 4) is 0 Å². The molecule has 21 heteroatoms. The van der Waals surface area contributed by atoms with Gasteiger partial charge in [0.2, 0.25) is 17.7 Å². The lowest BCUT2D eigenvalue weighted by Gasteiger charge is -2.24. The maximum absolute atomic E-state index is 14.1. The lowest BCUT2D eigenvalue weighted by atomic mass is 9.77. The van der Waals surface area contributed by atoms with Gasteiger partial charge in [0, 0.05) is 56.1 Å². The molecule has 3 atom stereocenters. The number of carbonyl (C=O) groups is 7. The number of nitrogens with one attached hydrogen (secondary N) is 4. The van der Waals surface area contributed by atoms with Gasteiger partial charge in [-0.2, -0.15) is 0 Å². The number of aliphatic carboxylic acids is 1. The largest absolute Gasteiger partial charge is 0.492 e. The van der Waals surface area contributed by atoms with Crippen LogP contribution in [0.5, 0.6) is 0 Å². The van der Waals surface area contributed by atoms with Crippen LogP contribution in [-0.2, 0) is 60.4 Å². The molecule has 0 unspecified atom stereocenters. The number of amides is 5. The predicted molar refractivity (Wildman–Crippen MR) is 262 cm³/mol. The maximum atomic E-state index is 14.1. The van der Waals surface area contributed by atoms with Crippen molar-refractivity contribution in [2.45, 2.75) is 115 Å². The Morgan fingerprint density at radius 3 is 2.07 bits per heavy atom. The highest BCUT2D eigenvalue weighted by Gasteiger charge is 2.44. The Morgan fingerprint density at radius 2 is 1.39 bits per heavy atom. The van der Waals surface area contributed by atoms with Crippen LogP contribution in [0.25, 0.3) is 0 Å². The second-order valence-corrected chi connectivity index (χ2v) is 19.1. The number of aryl methyl sites for hydroxylation is 1. The molecule has 71 heavy (non-hydrogen) atoms. The molecule has 3 aliphatic rings. The maximum Gasteiger partial charge on any atom is 0.492 e. The minimum atomic E-state index is -1.24. The summed E-state index contributed by atoms with van der Waals surface area (Å²) in [6.07, 6.45) is 2.41. The highest BCUT2D eigenvalue weighted by molar-refractivity contribution is 6.62. The number of hydrogen-bond donors (Lipinski definition) is 7. The summed E-state index contributed by atoms with van der Waals surface area (Å²) in [5.74, 6) is -3.35. The molecule has 1 fully saturated rings. The third kappa shape index (κ3) is 15.0. The summed E-state index contributed by atoms with van der Waals surface area (Å²) in [5.41, 5.74) is 2.48. The molecule has 3 aromatic carbocycles. The molecule has 5 amide bonds. The predicted octanol–water partition coefficient (Wildman–Crippen LogP) is 0.983. The van der Waals surface area contributed by atoms with Gasteiger partial charge >= 0.3 is 20.2 Å². The molecule has 6 rings (SSSR count). The van der Waals surface area contributed by atoms with E-state index in [4.69, 9.17) is 23.9 Å². The Labute approximate surface area is 414 Å². The summed E-state index contributed by atoms with van der Waals surface area (Å²) >= 11 is 0. The second kappa shape index (κ2) is 24.9. The van der Waals surface area contributed by atoms with Crippen molar-refractivity contribution in [1.29, 1.82) is 0 Å². The number of likely N-dealkylation sites (tertiary alicyclic amines) is 1. The number of carboxylic acids is 1. The lowest BCUT2D eigenvalue weighted by Crippen LogP contribution is -2.47. The summed E-state index contributed by atoms with van der Waals surface area (Å²) < 4.78 is 22.4. The summed E-state index contributed by atoms with van der Waals surface area (Å²) in [5, 5.41) is 41.5. The molecular formula is C50H65B2N5O14. The Hall–Kier alpha value is -5.96. The van der Waals surface area contributed by atoms with Gasteiger partial charge in [0.05, 0.1) is 37.1 Å². The molecule has 0 radical (unpaired) electrons. The van der Waals surface area contributed by atoms with Crippen molar-refractivity contribution in [3.05, 3.63) is 94.5 Å². The molecule has 1 saturated heterocycles. The Morgan fingerprint density at radius 1 is 0.746 bits per heavy atom. The van der Waals surface area contributed by atoms with Crippen molar-refractivity contribution in [2.75, 3.05) is 46.1 Å². The summed E-state index contributed by atoms with van der Waals surface area (Å²) in [6, 6.07) is 17.1. The molecule has 19 nitrogen and oxygen atoms in total. The van der Waals surface area contributed by atoms with Crippen LogP contribution in [-0.4, -0.2) is 140 Å². The number of ketones is 1. The van der Waals surface area contributed by atoms with E-state index >= 15 is 0 Å². The van der Waals surface area contributed by atoms with E-state index in [9.17, 15) is 43.6 Å². The Balaban J connectivity index is 0.948. The fourth-order valence-corrected chi connectivity index (χ4v) is 9.14. The van der Waals surface area contributed by atoms with E-state index in [1.54, 1.807) is 36.4 Å². The number of hydrogen-bond acceptors (Lipinski definition) is 13. The normalized spacial score (nSPS) is 17.8. The van der Waals surface area contributed by atoms with Gasteiger partial charge in [-0.25, -0.2) is 0 Å². The highest BCUT2D eigenvalue weighted by Crippen LogP contribution is 2.32. The number of ether oxygens (including phenoxy) is 2. The number of benzene rings is 3. The van der Waals surface area contributed by atoms with E-state index in [2.05, 4.69) is 21.3 Å². The lowest BCUT2D eigenvalue weighted by molar-refractivity contribution is -0.137. The van der Waals surface area contributed by atoms with Crippen LogP contribution in [0.1, 0.15) is 116 Å². The molecule has 380 valence electrons. The first kappa shape index (κ1) is 54.4. The quantitative estimate of drug-likeness (QED) is 0.0437. The van der Waals surface area contributed by atoms with E-state index in [0.717, 1.165) is 16.7 Å². The standard InChI is InChI=1S/C50H65B2N5O14/c1-49(2)36-19-17-33(27-38(36)51(66)70-49)46(63)55-35-29-41(57(30-35)48(65)34-18-20-37-39(28-34)52(67)71-50(37,3)4)47(64)54-23-24-68-25-26-69-31-44(60)56-40(42(58)14-10-15-45(61)62)13-8-9-22-53-43(59)21-16-32-11-6-5-7-12-32/h5-7,11-12,17-20,27-28,35,40-41,66-67H,8-10,13-16,21-26,29-31H2,1-4H3,(H,53,59)(H,54,64)(H,55,63)(H,56,60)(H,61,62)/t35-,40+,41+/m1/s1. The average Bonchev–Trinajstić information content (AvgIpc) is 3.94. The van der Waals surface area contributed by atoms with Gasteiger partial charge in [0.25, 0.3) is 11.8 Å². The topological polar surface area (TPSA) is 268 Å². The zero-order chi connectivity index (χ0) is 51.3. The van der Waals surface area contributed by atoms with Gasteiger partial charge < -0.3 is 60.1 Å². The minimum absolute atomic E-state index is 0.00457. The van der Waals surface area contributed by atoms with Gasteiger partial charge in [-0.15, -0.1) is 0 Å². The second-order valence-electron chi connectivity index (χ2n) is 19.1. The van der Waals surface area contributed by atoms with E-state index in [1.165, 1.54) is 4.90 Å². The third-order valence-electron chi connectivity index (χ3n) is 12.9. The minimum Gasteiger partial charge on any atom is -0.481 e. The zero-order valence-corrected chi connectivity index (χ0v) is 40.8. The van der Waals surface area contributed by atoms with Crippen LogP contribution in [0.15, 0.2) is 66.7 Å². The monoisotopic (exact) mass is 981 g/mol. The van der Waals surface area contributed by atoms with E-state index in [1.807, 2.05) is 58.0 Å². The first-order valence-electron chi connectivity index (χ1n) is 24.2. The number of carboxylic acid groups (broad SMARTS) is 1. The molecule has 3 heterocycles. The van der Waals surface area contributed by atoms with Crippen molar-refractivity contribution in [1.82, 2.24) is 26.2 Å². The number of rotatable bonds is 26. The summed E-state index contributed by atoms with van der Waals surface area (Å²) in [6.45, 7) is 7.51. The molecule has 0 aliphatic carbocycles. The van der Waals surface area contributed by atoms with Crippen molar-refractivity contribution in [2.24, 2.45) is 0 Å². The first-order valence-corrected chi connectivity index (χ1v) is 24.2. The van der Waals surface area contributed by atoms with Gasteiger partial charge in [0.1, 0.15) is 12.6 Å². The summed E-state index contributed by atoms with van der Waals surface area (Å²) in [7, 11) is -2.43. The molecule has 3 aliphatic heterocycles. The van der Waals surface area contributed by atoms with Gasteiger partial charge in [-0.05, 0) is 118 Å². The zero-order valence-electron chi connectivity index (χ0n) is 40.8. The smallest absolute Gasteiger partial charge is 0.481 e. The van der Waals surface area contributed by atoms with Crippen molar-refractivity contribution in [3.63, 3.8) is 0 Å².